The second-order valence-corrected chi connectivity index (χ2v) is 4.98. The maximum atomic E-state index is 12.4. The van der Waals surface area contributed by atoms with Gasteiger partial charge in [0.15, 0.2) is 28.3 Å². The Bertz CT molecular complexity index is 988. The third-order valence-electron chi connectivity index (χ3n) is 3.61. The zero-order valence-corrected chi connectivity index (χ0v) is 12.9. The second-order valence-electron chi connectivity index (χ2n) is 4.98. The molecule has 0 atom stereocenters. The fourth-order valence-electron chi connectivity index (χ4n) is 2.48. The van der Waals surface area contributed by atoms with Crippen molar-refractivity contribution in [3.63, 3.8) is 0 Å². The third kappa shape index (κ3) is 2.26. The summed E-state index contributed by atoms with van der Waals surface area (Å²) in [5.74, 6) is -0.774. The molecule has 124 valence electrons. The van der Waals surface area contributed by atoms with Crippen LogP contribution in [0.2, 0.25) is 0 Å². The van der Waals surface area contributed by atoms with Gasteiger partial charge in [-0.05, 0) is 12.1 Å². The number of para-hydroxylation sites is 1. The first kappa shape index (κ1) is 15.5. The lowest BCUT2D eigenvalue weighted by Gasteiger charge is -2.12. The maximum absolute atomic E-state index is 12.4. The number of methoxy groups -OCH3 is 2. The van der Waals surface area contributed by atoms with E-state index in [9.17, 15) is 20.1 Å². The molecule has 2 aromatic carbocycles. The van der Waals surface area contributed by atoms with E-state index in [0.29, 0.717) is 0 Å². The molecular weight excluding hydrogens is 316 g/mol. The van der Waals surface area contributed by atoms with Crippen LogP contribution in [0, 0.1) is 0 Å². The minimum atomic E-state index is -0.535. The van der Waals surface area contributed by atoms with Crippen molar-refractivity contribution in [2.45, 2.75) is 0 Å². The molecule has 3 N–H and O–H groups in total. The molecule has 24 heavy (non-hydrogen) atoms. The first-order chi connectivity index (χ1) is 11.5. The molecule has 0 saturated carbocycles. The SMILES string of the molecule is COc1cc(O)c2c(=O)cc(-c3cccc(O)c3O)oc2c1OC. The van der Waals surface area contributed by atoms with Gasteiger partial charge in [0.1, 0.15) is 16.9 Å². The Kier molecular flexibility index (Phi) is 3.69. The normalized spacial score (nSPS) is 10.8. The summed E-state index contributed by atoms with van der Waals surface area (Å²) in [6.45, 7) is 0. The molecule has 0 fully saturated rings. The van der Waals surface area contributed by atoms with Gasteiger partial charge in [0.25, 0.3) is 0 Å². The summed E-state index contributed by atoms with van der Waals surface area (Å²) in [7, 11) is 2.75. The summed E-state index contributed by atoms with van der Waals surface area (Å²) in [6.07, 6.45) is 0. The van der Waals surface area contributed by atoms with E-state index < -0.39 is 11.2 Å². The minimum Gasteiger partial charge on any atom is -0.507 e. The van der Waals surface area contributed by atoms with Crippen molar-refractivity contribution in [1.29, 1.82) is 0 Å². The van der Waals surface area contributed by atoms with Crippen LogP contribution in [0.15, 0.2) is 39.5 Å². The number of rotatable bonds is 3. The van der Waals surface area contributed by atoms with Crippen molar-refractivity contribution in [1.82, 2.24) is 0 Å². The van der Waals surface area contributed by atoms with Crippen molar-refractivity contribution in [3.8, 4) is 40.1 Å². The molecule has 1 heterocycles. The van der Waals surface area contributed by atoms with Crippen molar-refractivity contribution < 1.29 is 29.2 Å². The number of hydrogen-bond acceptors (Lipinski definition) is 7. The van der Waals surface area contributed by atoms with Crippen LogP contribution in [0.5, 0.6) is 28.7 Å². The van der Waals surface area contributed by atoms with Crippen molar-refractivity contribution in [3.05, 3.63) is 40.6 Å². The van der Waals surface area contributed by atoms with Crippen LogP contribution in [0.3, 0.4) is 0 Å². The summed E-state index contributed by atoms with van der Waals surface area (Å²) < 4.78 is 16.0. The van der Waals surface area contributed by atoms with Crippen LogP contribution in [-0.4, -0.2) is 29.5 Å². The van der Waals surface area contributed by atoms with Gasteiger partial charge >= 0.3 is 0 Å². The molecule has 7 heteroatoms. The highest BCUT2D eigenvalue weighted by atomic mass is 16.5. The molecule has 0 spiro atoms. The zero-order chi connectivity index (χ0) is 17.4. The summed E-state index contributed by atoms with van der Waals surface area (Å²) >= 11 is 0. The zero-order valence-electron chi connectivity index (χ0n) is 12.9. The molecule has 0 radical (unpaired) electrons. The lowest BCUT2D eigenvalue weighted by atomic mass is 10.1. The quantitative estimate of drug-likeness (QED) is 0.633. The van der Waals surface area contributed by atoms with E-state index >= 15 is 0 Å². The van der Waals surface area contributed by atoms with Crippen molar-refractivity contribution in [2.24, 2.45) is 0 Å². The lowest BCUT2D eigenvalue weighted by molar-refractivity contribution is 0.350. The monoisotopic (exact) mass is 330 g/mol. The lowest BCUT2D eigenvalue weighted by Crippen LogP contribution is -2.03. The van der Waals surface area contributed by atoms with E-state index in [1.807, 2.05) is 0 Å². The van der Waals surface area contributed by atoms with Gasteiger partial charge in [-0.2, -0.15) is 0 Å². The minimum absolute atomic E-state index is 0.00635. The molecule has 0 aliphatic heterocycles. The Labute approximate surface area is 135 Å². The molecular formula is C17H14O7. The predicted molar refractivity (Wildman–Crippen MR) is 86.0 cm³/mol. The Morgan fingerprint density at radius 3 is 2.42 bits per heavy atom. The molecule has 0 aliphatic rings. The smallest absolute Gasteiger partial charge is 0.205 e. The number of ether oxygens (including phenoxy) is 2. The molecule has 3 rings (SSSR count). The van der Waals surface area contributed by atoms with Gasteiger partial charge < -0.3 is 29.2 Å². The molecule has 3 aromatic rings. The average molecular weight is 330 g/mol. The van der Waals surface area contributed by atoms with Crippen LogP contribution in [0.4, 0.5) is 0 Å². The molecule has 0 unspecified atom stereocenters. The number of hydrogen-bond donors (Lipinski definition) is 3. The number of phenols is 3. The van der Waals surface area contributed by atoms with Gasteiger partial charge in [-0.3, -0.25) is 4.79 Å². The summed E-state index contributed by atoms with van der Waals surface area (Å²) in [4.78, 5) is 12.4. The van der Waals surface area contributed by atoms with Gasteiger partial charge in [-0.25, -0.2) is 0 Å². The Morgan fingerprint density at radius 2 is 1.75 bits per heavy atom. The first-order valence-corrected chi connectivity index (χ1v) is 6.91. The number of benzene rings is 2. The van der Waals surface area contributed by atoms with E-state index in [2.05, 4.69) is 0 Å². The van der Waals surface area contributed by atoms with Gasteiger partial charge in [-0.1, -0.05) is 6.07 Å². The highest BCUT2D eigenvalue weighted by molar-refractivity contribution is 5.92. The number of phenolic OH excluding ortho intramolecular Hbond substituents is 3. The summed E-state index contributed by atoms with van der Waals surface area (Å²) in [6, 6.07) is 6.64. The van der Waals surface area contributed by atoms with E-state index in [1.165, 1.54) is 38.5 Å². The number of aromatic hydroxyl groups is 3. The predicted octanol–water partition coefficient (Wildman–Crippen LogP) is 2.59. The molecule has 7 nitrogen and oxygen atoms in total. The fourth-order valence-corrected chi connectivity index (χ4v) is 2.48. The van der Waals surface area contributed by atoms with Gasteiger partial charge in [0, 0.05) is 12.1 Å². The summed E-state index contributed by atoms with van der Waals surface area (Å²) in [5, 5.41) is 29.6. The van der Waals surface area contributed by atoms with Crippen LogP contribution in [-0.2, 0) is 0 Å². The molecule has 1 aromatic heterocycles. The molecule has 0 amide bonds. The van der Waals surface area contributed by atoms with Crippen LogP contribution >= 0.6 is 0 Å². The van der Waals surface area contributed by atoms with Gasteiger partial charge in [0.2, 0.25) is 5.75 Å². The first-order valence-electron chi connectivity index (χ1n) is 6.91. The van der Waals surface area contributed by atoms with Gasteiger partial charge in [0.05, 0.1) is 19.8 Å². The van der Waals surface area contributed by atoms with E-state index in [1.54, 1.807) is 0 Å². The molecule has 0 aliphatic carbocycles. The molecule has 0 saturated heterocycles. The average Bonchev–Trinajstić information content (AvgIpc) is 2.56. The van der Waals surface area contributed by atoms with Gasteiger partial charge in [-0.15, -0.1) is 0 Å². The van der Waals surface area contributed by atoms with Crippen LogP contribution in [0.1, 0.15) is 0 Å². The highest BCUT2D eigenvalue weighted by Gasteiger charge is 2.21. The maximum Gasteiger partial charge on any atom is 0.205 e. The number of fused-ring (bicyclic) bond motifs is 1. The second kappa shape index (κ2) is 5.69. The Balaban J connectivity index is 2.41. The van der Waals surface area contributed by atoms with Crippen molar-refractivity contribution in [2.75, 3.05) is 14.2 Å². The van der Waals surface area contributed by atoms with E-state index in [0.717, 1.165) is 6.07 Å². The Hall–Kier alpha value is -3.35. The fraction of sp³-hybridized carbons (Fsp3) is 0.118. The summed E-state index contributed by atoms with van der Waals surface area (Å²) in [5.41, 5.74) is -0.439. The van der Waals surface area contributed by atoms with Crippen molar-refractivity contribution >= 4 is 11.0 Å². The van der Waals surface area contributed by atoms with Crippen LogP contribution in [0.25, 0.3) is 22.3 Å². The van der Waals surface area contributed by atoms with Crippen LogP contribution < -0.4 is 14.9 Å². The van der Waals surface area contributed by atoms with E-state index in [4.69, 9.17) is 13.9 Å². The third-order valence-corrected chi connectivity index (χ3v) is 3.61. The molecule has 0 bridgehead atoms. The standard InChI is InChI=1S/C17H14O7/c1-22-13-7-11(20)14-10(19)6-12(24-17(14)16(13)23-2)8-4-3-5-9(18)15(8)21/h3-7,18,20-21H,1-2H3. The Morgan fingerprint density at radius 1 is 1.00 bits per heavy atom. The highest BCUT2D eigenvalue weighted by Crippen LogP contribution is 2.42. The topological polar surface area (TPSA) is 109 Å². The largest absolute Gasteiger partial charge is 0.507 e. The van der Waals surface area contributed by atoms with E-state index in [-0.39, 0.29) is 45.3 Å².